The molecule has 3 aromatic rings. The van der Waals surface area contributed by atoms with Gasteiger partial charge in [0, 0.05) is 63.1 Å². The Morgan fingerprint density at radius 2 is 1.72 bits per heavy atom. The van der Waals surface area contributed by atoms with Gasteiger partial charge < -0.3 is 9.42 Å². The van der Waals surface area contributed by atoms with Crippen molar-refractivity contribution in [1.29, 1.82) is 0 Å². The van der Waals surface area contributed by atoms with Gasteiger partial charge in [0.05, 0.1) is 0 Å². The lowest BCUT2D eigenvalue weighted by Gasteiger charge is -2.47. The summed E-state index contributed by atoms with van der Waals surface area (Å²) in [5, 5.41) is 4.72. The fraction of sp³-hybridized carbons (Fsp3) is 0.421. The molecule has 29 heavy (non-hydrogen) atoms. The summed E-state index contributed by atoms with van der Waals surface area (Å²) in [4.78, 5) is 13.1. The maximum absolute atomic E-state index is 12.8. The topological polar surface area (TPSA) is 95.7 Å². The van der Waals surface area contributed by atoms with Crippen LogP contribution in [0.3, 0.4) is 0 Å². The molecule has 0 saturated carbocycles. The Hall–Kier alpha value is -2.56. The largest absolute Gasteiger partial charge is 0.356 e. The van der Waals surface area contributed by atoms with Crippen LogP contribution < -0.4 is 4.90 Å². The highest BCUT2D eigenvalue weighted by Gasteiger charge is 2.40. The number of hydrogen-bond acceptors (Lipinski definition) is 8. The SMILES string of the molecule is O=S(=O)(Cc1noc2ccccc12)N1CC(N2CCN(c3ncccn3)CC2)C1. The predicted octanol–water partition coefficient (Wildman–Crippen LogP) is 0.954. The van der Waals surface area contributed by atoms with Gasteiger partial charge in [-0.05, 0) is 18.2 Å². The Kier molecular flexibility index (Phi) is 4.69. The van der Waals surface area contributed by atoms with E-state index in [1.165, 1.54) is 0 Å². The van der Waals surface area contributed by atoms with Crippen molar-refractivity contribution in [3.63, 3.8) is 0 Å². The van der Waals surface area contributed by atoms with Crippen LogP contribution in [0.15, 0.2) is 47.2 Å². The van der Waals surface area contributed by atoms with Crippen LogP contribution in [0.4, 0.5) is 5.95 Å². The molecule has 0 atom stereocenters. The zero-order valence-electron chi connectivity index (χ0n) is 15.9. The van der Waals surface area contributed by atoms with Gasteiger partial charge in [0.25, 0.3) is 0 Å². The van der Waals surface area contributed by atoms with Crippen LogP contribution in [-0.4, -0.2) is 78.1 Å². The van der Waals surface area contributed by atoms with Crippen molar-refractivity contribution >= 4 is 26.9 Å². The first-order chi connectivity index (χ1) is 14.1. The normalized spacial score (nSPS) is 19.5. The maximum Gasteiger partial charge on any atom is 0.225 e. The third-order valence-electron chi connectivity index (χ3n) is 5.66. The molecule has 0 aliphatic carbocycles. The van der Waals surface area contributed by atoms with Gasteiger partial charge in [0.15, 0.2) is 5.58 Å². The van der Waals surface area contributed by atoms with Crippen molar-refractivity contribution in [3.05, 3.63) is 48.4 Å². The van der Waals surface area contributed by atoms with Crippen LogP contribution in [0, 0.1) is 0 Å². The Balaban J connectivity index is 1.17. The van der Waals surface area contributed by atoms with Crippen LogP contribution in [0.1, 0.15) is 5.69 Å². The van der Waals surface area contributed by atoms with E-state index in [1.807, 2.05) is 24.3 Å². The quantitative estimate of drug-likeness (QED) is 0.609. The molecule has 2 aliphatic heterocycles. The molecule has 0 radical (unpaired) electrons. The summed E-state index contributed by atoms with van der Waals surface area (Å²) in [5.41, 5.74) is 1.08. The number of piperazine rings is 1. The lowest BCUT2D eigenvalue weighted by atomic mass is 10.1. The van der Waals surface area contributed by atoms with E-state index in [2.05, 4.69) is 24.9 Å². The molecule has 0 spiro atoms. The first-order valence-electron chi connectivity index (χ1n) is 9.67. The average Bonchev–Trinajstić information content (AvgIpc) is 3.10. The molecule has 2 saturated heterocycles. The highest BCUT2D eigenvalue weighted by molar-refractivity contribution is 7.88. The summed E-state index contributed by atoms with van der Waals surface area (Å²) < 4.78 is 32.4. The molecule has 4 heterocycles. The van der Waals surface area contributed by atoms with E-state index in [0.717, 1.165) is 37.5 Å². The van der Waals surface area contributed by atoms with Crippen molar-refractivity contribution in [1.82, 2.24) is 24.3 Å². The number of hydrogen-bond donors (Lipinski definition) is 0. The van der Waals surface area contributed by atoms with Crippen LogP contribution in [0.25, 0.3) is 11.0 Å². The van der Waals surface area contributed by atoms with E-state index in [0.29, 0.717) is 24.4 Å². The molecule has 1 aromatic carbocycles. The molecule has 2 aliphatic rings. The monoisotopic (exact) mass is 414 g/mol. The summed E-state index contributed by atoms with van der Waals surface area (Å²) >= 11 is 0. The van der Waals surface area contributed by atoms with E-state index in [4.69, 9.17) is 4.52 Å². The summed E-state index contributed by atoms with van der Waals surface area (Å²) in [6, 6.07) is 9.40. The highest BCUT2D eigenvalue weighted by atomic mass is 32.2. The zero-order valence-corrected chi connectivity index (χ0v) is 16.7. The number of para-hydroxylation sites is 1. The summed E-state index contributed by atoms with van der Waals surface area (Å²) in [7, 11) is -3.41. The van der Waals surface area contributed by atoms with Gasteiger partial charge in [0.1, 0.15) is 11.4 Å². The molecule has 2 aromatic heterocycles. The minimum Gasteiger partial charge on any atom is -0.356 e. The summed E-state index contributed by atoms with van der Waals surface area (Å²) in [5.74, 6) is 0.625. The third kappa shape index (κ3) is 3.59. The van der Waals surface area contributed by atoms with E-state index in [9.17, 15) is 8.42 Å². The lowest BCUT2D eigenvalue weighted by molar-refractivity contribution is 0.0824. The van der Waals surface area contributed by atoms with Gasteiger partial charge >= 0.3 is 0 Å². The fourth-order valence-corrected chi connectivity index (χ4v) is 5.46. The van der Waals surface area contributed by atoms with Crippen LogP contribution in [0.2, 0.25) is 0 Å². The standard InChI is InChI=1S/C19H22N6O3S/c26-29(27,14-17-16-4-1-2-5-18(16)28-22-17)25-12-15(13-25)23-8-10-24(11-9-23)19-20-6-3-7-21-19/h1-7,15H,8-14H2. The first-order valence-corrected chi connectivity index (χ1v) is 11.3. The van der Waals surface area contributed by atoms with E-state index in [1.54, 1.807) is 22.8 Å². The van der Waals surface area contributed by atoms with Crippen molar-refractivity contribution in [2.45, 2.75) is 11.8 Å². The van der Waals surface area contributed by atoms with E-state index in [-0.39, 0.29) is 11.8 Å². The molecule has 9 nitrogen and oxygen atoms in total. The second kappa shape index (κ2) is 7.36. The van der Waals surface area contributed by atoms with Crippen molar-refractivity contribution < 1.29 is 12.9 Å². The number of sulfonamides is 1. The van der Waals surface area contributed by atoms with Gasteiger partial charge in [-0.3, -0.25) is 4.90 Å². The number of anilines is 1. The Labute approximate surface area is 169 Å². The predicted molar refractivity (Wildman–Crippen MR) is 108 cm³/mol. The molecular weight excluding hydrogens is 392 g/mol. The molecule has 152 valence electrons. The Bertz CT molecular complexity index is 1090. The van der Waals surface area contributed by atoms with Gasteiger partial charge in [-0.1, -0.05) is 17.3 Å². The number of nitrogens with zero attached hydrogens (tertiary/aromatic N) is 6. The second-order valence-electron chi connectivity index (χ2n) is 7.42. The molecule has 0 bridgehead atoms. The summed E-state index contributed by atoms with van der Waals surface area (Å²) in [6.07, 6.45) is 3.50. The van der Waals surface area contributed by atoms with Gasteiger partial charge in [-0.25, -0.2) is 18.4 Å². The number of fused-ring (bicyclic) bond motifs is 1. The molecular formula is C19H22N6O3S. The number of rotatable bonds is 5. The molecule has 5 rings (SSSR count). The molecule has 2 fully saturated rings. The first kappa shape index (κ1) is 18.5. The molecule has 0 amide bonds. The van der Waals surface area contributed by atoms with E-state index >= 15 is 0 Å². The summed E-state index contributed by atoms with van der Waals surface area (Å²) in [6.45, 7) is 4.51. The van der Waals surface area contributed by atoms with Crippen LogP contribution >= 0.6 is 0 Å². The lowest BCUT2D eigenvalue weighted by Crippen LogP contribution is -2.64. The highest BCUT2D eigenvalue weighted by Crippen LogP contribution is 2.25. The van der Waals surface area contributed by atoms with Crippen LogP contribution in [0.5, 0.6) is 0 Å². The molecule has 0 N–H and O–H groups in total. The Morgan fingerprint density at radius 3 is 2.48 bits per heavy atom. The van der Waals surface area contributed by atoms with E-state index < -0.39 is 10.0 Å². The zero-order chi connectivity index (χ0) is 19.8. The molecule has 10 heteroatoms. The smallest absolute Gasteiger partial charge is 0.225 e. The number of benzene rings is 1. The van der Waals surface area contributed by atoms with Crippen molar-refractivity contribution in [3.8, 4) is 0 Å². The van der Waals surface area contributed by atoms with Gasteiger partial charge in [0.2, 0.25) is 16.0 Å². The van der Waals surface area contributed by atoms with Crippen molar-refractivity contribution in [2.75, 3.05) is 44.2 Å². The third-order valence-corrected chi connectivity index (χ3v) is 7.38. The van der Waals surface area contributed by atoms with Crippen LogP contribution in [-0.2, 0) is 15.8 Å². The van der Waals surface area contributed by atoms with Crippen molar-refractivity contribution in [2.24, 2.45) is 0 Å². The van der Waals surface area contributed by atoms with Gasteiger partial charge in [-0.15, -0.1) is 0 Å². The minimum atomic E-state index is -3.41. The fourth-order valence-electron chi connectivity index (χ4n) is 3.92. The Morgan fingerprint density at radius 1 is 1.00 bits per heavy atom. The average molecular weight is 414 g/mol. The number of aromatic nitrogens is 3. The molecule has 0 unspecified atom stereocenters. The minimum absolute atomic E-state index is 0.129. The maximum atomic E-state index is 12.8. The second-order valence-corrected chi connectivity index (χ2v) is 9.39. The van der Waals surface area contributed by atoms with Gasteiger partial charge in [-0.2, -0.15) is 4.31 Å².